The zero-order chi connectivity index (χ0) is 16.7. The number of halogens is 1. The number of aliphatic hydroxyl groups excluding tert-OH is 1. The van der Waals surface area contributed by atoms with Crippen molar-refractivity contribution in [3.63, 3.8) is 0 Å². The molecule has 0 spiro atoms. The minimum atomic E-state index is -0.431. The predicted octanol–water partition coefficient (Wildman–Crippen LogP) is 3.71. The molecule has 1 aliphatic heterocycles. The van der Waals surface area contributed by atoms with Crippen molar-refractivity contribution >= 4 is 12.4 Å². The lowest BCUT2D eigenvalue weighted by atomic mass is 9.90. The molecule has 1 aromatic carbocycles. The topological polar surface area (TPSA) is 32.7 Å². The zero-order valence-corrected chi connectivity index (χ0v) is 15.8. The number of nitrogens with zero attached hydrogens (tertiary/aromatic N) is 1. The molecule has 0 aliphatic carbocycles. The summed E-state index contributed by atoms with van der Waals surface area (Å²) in [5, 5.41) is 10.2. The lowest BCUT2D eigenvalue weighted by Crippen LogP contribution is -2.41. The van der Waals surface area contributed by atoms with Crippen LogP contribution in [0.3, 0.4) is 0 Å². The summed E-state index contributed by atoms with van der Waals surface area (Å²) < 4.78 is 5.69. The molecule has 4 heteroatoms. The molecular weight excluding hydrogens is 322 g/mol. The van der Waals surface area contributed by atoms with Crippen LogP contribution >= 0.6 is 12.4 Å². The molecule has 1 aromatic rings. The van der Waals surface area contributed by atoms with Crippen LogP contribution in [-0.4, -0.2) is 48.0 Å². The van der Waals surface area contributed by atoms with E-state index in [4.69, 9.17) is 4.74 Å². The fourth-order valence-corrected chi connectivity index (χ4v) is 3.04. The van der Waals surface area contributed by atoms with Gasteiger partial charge in [0.1, 0.15) is 0 Å². The van der Waals surface area contributed by atoms with Gasteiger partial charge in [-0.05, 0) is 57.7 Å². The van der Waals surface area contributed by atoms with E-state index in [1.807, 2.05) is 13.8 Å². The Hall–Kier alpha value is -0.870. The molecule has 0 aromatic heterocycles. The highest BCUT2D eigenvalue weighted by molar-refractivity contribution is 5.85. The van der Waals surface area contributed by atoms with Crippen molar-refractivity contribution in [2.45, 2.75) is 44.8 Å². The minimum Gasteiger partial charge on any atom is -0.389 e. The molecule has 1 saturated heterocycles. The average Bonchev–Trinajstić information content (AvgIpc) is 2.56. The summed E-state index contributed by atoms with van der Waals surface area (Å²) in [6, 6.07) is 10.7. The van der Waals surface area contributed by atoms with Crippen LogP contribution in [0.5, 0.6) is 0 Å². The van der Waals surface area contributed by atoms with Gasteiger partial charge in [0.15, 0.2) is 0 Å². The van der Waals surface area contributed by atoms with E-state index in [0.717, 1.165) is 19.0 Å². The highest BCUT2D eigenvalue weighted by Gasteiger charge is 2.22. The third-order valence-corrected chi connectivity index (χ3v) is 4.68. The third kappa shape index (κ3) is 7.35. The Balaban J connectivity index is 0.00000288. The second kappa shape index (κ2) is 10.2. The number of benzene rings is 1. The van der Waals surface area contributed by atoms with Gasteiger partial charge < -0.3 is 14.7 Å². The van der Waals surface area contributed by atoms with E-state index in [2.05, 4.69) is 41.8 Å². The van der Waals surface area contributed by atoms with Gasteiger partial charge >= 0.3 is 0 Å². The van der Waals surface area contributed by atoms with Crippen molar-refractivity contribution in [1.82, 2.24) is 4.90 Å². The molecule has 0 bridgehead atoms. The van der Waals surface area contributed by atoms with Crippen molar-refractivity contribution in [3.8, 4) is 0 Å². The van der Waals surface area contributed by atoms with Gasteiger partial charge in [-0.1, -0.05) is 36.4 Å². The summed E-state index contributed by atoms with van der Waals surface area (Å²) in [4.78, 5) is 2.36. The van der Waals surface area contributed by atoms with Crippen LogP contribution in [0.4, 0.5) is 0 Å². The van der Waals surface area contributed by atoms with Crippen LogP contribution in [0.25, 0.3) is 0 Å². The van der Waals surface area contributed by atoms with E-state index in [-0.39, 0.29) is 18.0 Å². The second-order valence-electron chi connectivity index (χ2n) is 7.21. The minimum absolute atomic E-state index is 0. The molecule has 1 fully saturated rings. The van der Waals surface area contributed by atoms with Crippen molar-refractivity contribution in [1.29, 1.82) is 0 Å². The molecule has 0 radical (unpaired) electrons. The largest absolute Gasteiger partial charge is 0.389 e. The highest BCUT2D eigenvalue weighted by Crippen LogP contribution is 2.22. The highest BCUT2D eigenvalue weighted by atomic mass is 35.5. The normalized spacial score (nSPS) is 18.0. The van der Waals surface area contributed by atoms with E-state index in [1.165, 1.54) is 24.8 Å². The average molecular weight is 354 g/mol. The number of hydrogen-bond donors (Lipinski definition) is 1. The maximum atomic E-state index is 10.2. The Labute approximate surface area is 153 Å². The van der Waals surface area contributed by atoms with Crippen molar-refractivity contribution < 1.29 is 9.84 Å². The van der Waals surface area contributed by atoms with Gasteiger partial charge in [0.05, 0.1) is 18.3 Å². The third-order valence-electron chi connectivity index (χ3n) is 4.68. The number of hydrogen-bond acceptors (Lipinski definition) is 3. The first kappa shape index (κ1) is 21.2. The number of aliphatic hydroxyl groups is 1. The fourth-order valence-electron chi connectivity index (χ4n) is 3.04. The second-order valence-corrected chi connectivity index (χ2v) is 7.21. The van der Waals surface area contributed by atoms with E-state index >= 15 is 0 Å². The van der Waals surface area contributed by atoms with Gasteiger partial charge in [0, 0.05) is 6.54 Å². The van der Waals surface area contributed by atoms with Crippen LogP contribution in [0.2, 0.25) is 0 Å². The predicted molar refractivity (Wildman–Crippen MR) is 103 cm³/mol. The van der Waals surface area contributed by atoms with Crippen LogP contribution in [-0.2, 0) is 11.2 Å². The van der Waals surface area contributed by atoms with E-state index in [9.17, 15) is 5.11 Å². The molecule has 136 valence electrons. The Morgan fingerprint density at radius 1 is 1.29 bits per heavy atom. The molecule has 1 heterocycles. The first-order valence-electron chi connectivity index (χ1n) is 8.70. The molecule has 1 aliphatic rings. The first-order chi connectivity index (χ1) is 11.0. The molecule has 1 unspecified atom stereocenters. The van der Waals surface area contributed by atoms with Gasteiger partial charge in [-0.25, -0.2) is 0 Å². The van der Waals surface area contributed by atoms with Gasteiger partial charge in [0.25, 0.3) is 0 Å². The van der Waals surface area contributed by atoms with Gasteiger partial charge in [-0.2, -0.15) is 0 Å². The summed E-state index contributed by atoms with van der Waals surface area (Å²) >= 11 is 0. The Morgan fingerprint density at radius 3 is 2.50 bits per heavy atom. The van der Waals surface area contributed by atoms with E-state index in [0.29, 0.717) is 13.2 Å². The lowest BCUT2D eigenvalue weighted by Gasteiger charge is -2.33. The number of rotatable bonds is 8. The Morgan fingerprint density at radius 2 is 1.92 bits per heavy atom. The molecule has 0 amide bonds. The monoisotopic (exact) mass is 353 g/mol. The summed E-state index contributed by atoms with van der Waals surface area (Å²) in [6.45, 7) is 10.9. The summed E-state index contributed by atoms with van der Waals surface area (Å²) in [6.07, 6.45) is 4.93. The molecular formula is C20H32ClNO2. The molecule has 0 saturated carbocycles. The van der Waals surface area contributed by atoms with Gasteiger partial charge in [-0.15, -0.1) is 19.0 Å². The summed E-state index contributed by atoms with van der Waals surface area (Å²) in [5.41, 5.74) is 1.06. The van der Waals surface area contributed by atoms with Crippen molar-refractivity contribution in [2.75, 3.05) is 26.2 Å². The molecule has 24 heavy (non-hydrogen) atoms. The molecule has 1 atom stereocenters. The molecule has 3 nitrogen and oxygen atoms in total. The van der Waals surface area contributed by atoms with E-state index < -0.39 is 6.10 Å². The SMILES string of the molecule is C=CC(C)(C)OCC(O)CN1CCC(Cc2ccccc2)CC1.Cl. The molecule has 1 N–H and O–H groups in total. The zero-order valence-electron chi connectivity index (χ0n) is 15.0. The number of ether oxygens (including phenoxy) is 1. The van der Waals surface area contributed by atoms with Crippen LogP contribution in [0, 0.1) is 5.92 Å². The first-order valence-corrected chi connectivity index (χ1v) is 8.70. The van der Waals surface area contributed by atoms with Crippen molar-refractivity contribution in [3.05, 3.63) is 48.6 Å². The Kier molecular flexibility index (Phi) is 8.99. The van der Waals surface area contributed by atoms with E-state index in [1.54, 1.807) is 6.08 Å². The maximum Gasteiger partial charge on any atom is 0.0900 e. The standard InChI is InChI=1S/C20H31NO2.ClH/c1-4-20(2,3)23-16-19(22)15-21-12-10-18(11-13-21)14-17-8-6-5-7-9-17;/h4-9,18-19,22H,1,10-16H2,2-3H3;1H. The molecule has 2 rings (SSSR count). The van der Waals surface area contributed by atoms with Crippen LogP contribution in [0.1, 0.15) is 32.3 Å². The summed E-state index contributed by atoms with van der Waals surface area (Å²) in [5.74, 6) is 0.766. The van der Waals surface area contributed by atoms with Crippen LogP contribution < -0.4 is 0 Å². The lowest BCUT2D eigenvalue weighted by molar-refractivity contribution is -0.0439. The van der Waals surface area contributed by atoms with Gasteiger partial charge in [-0.3, -0.25) is 0 Å². The smallest absolute Gasteiger partial charge is 0.0900 e. The number of likely N-dealkylation sites (tertiary alicyclic amines) is 1. The fraction of sp³-hybridized carbons (Fsp3) is 0.600. The maximum absolute atomic E-state index is 10.2. The van der Waals surface area contributed by atoms with Crippen molar-refractivity contribution in [2.24, 2.45) is 5.92 Å². The number of piperidine rings is 1. The van der Waals surface area contributed by atoms with Crippen LogP contribution in [0.15, 0.2) is 43.0 Å². The Bertz CT molecular complexity index is 470. The quantitative estimate of drug-likeness (QED) is 0.723. The van der Waals surface area contributed by atoms with Gasteiger partial charge in [0.2, 0.25) is 0 Å². The number of β-amino-alcohol motifs (C(OH)–C–C–N with tert-alkyl or cyclic N) is 1. The summed E-state index contributed by atoms with van der Waals surface area (Å²) in [7, 11) is 0.